The van der Waals surface area contributed by atoms with E-state index in [-0.39, 0.29) is 0 Å². The van der Waals surface area contributed by atoms with E-state index < -0.39 is 0 Å². The van der Waals surface area contributed by atoms with E-state index in [1.807, 2.05) is 0 Å². The zero-order chi connectivity index (χ0) is 14.8. The first-order chi connectivity index (χ1) is 9.66. The van der Waals surface area contributed by atoms with Gasteiger partial charge in [0.25, 0.3) is 0 Å². The Morgan fingerprint density at radius 1 is 0.650 bits per heavy atom. The SMILES string of the molecule is CCCCCCCCCCCc1ccc(C)c(C)c1C. The molecule has 0 spiro atoms. The van der Waals surface area contributed by atoms with Crippen molar-refractivity contribution in [2.24, 2.45) is 0 Å². The van der Waals surface area contributed by atoms with Crippen molar-refractivity contribution >= 4 is 0 Å². The van der Waals surface area contributed by atoms with Gasteiger partial charge in [0.2, 0.25) is 0 Å². The zero-order valence-electron chi connectivity index (χ0n) is 14.2. The Balaban J connectivity index is 2.11. The van der Waals surface area contributed by atoms with Gasteiger partial charge in [-0.3, -0.25) is 0 Å². The van der Waals surface area contributed by atoms with Crippen molar-refractivity contribution in [3.63, 3.8) is 0 Å². The fraction of sp³-hybridized carbons (Fsp3) is 0.700. The molecule has 0 aliphatic rings. The fourth-order valence-electron chi connectivity index (χ4n) is 2.91. The van der Waals surface area contributed by atoms with E-state index >= 15 is 0 Å². The third kappa shape index (κ3) is 6.11. The highest BCUT2D eigenvalue weighted by atomic mass is 14.1. The molecule has 0 saturated heterocycles. The summed E-state index contributed by atoms with van der Waals surface area (Å²) in [6, 6.07) is 4.62. The van der Waals surface area contributed by atoms with Gasteiger partial charge >= 0.3 is 0 Å². The highest BCUT2D eigenvalue weighted by Crippen LogP contribution is 2.19. The van der Waals surface area contributed by atoms with Crippen molar-refractivity contribution in [1.82, 2.24) is 0 Å². The van der Waals surface area contributed by atoms with Gasteiger partial charge in [0.1, 0.15) is 0 Å². The topological polar surface area (TPSA) is 0 Å². The number of aryl methyl sites for hydroxylation is 2. The lowest BCUT2D eigenvalue weighted by molar-refractivity contribution is 0.564. The number of hydrogen-bond donors (Lipinski definition) is 0. The van der Waals surface area contributed by atoms with Crippen LogP contribution in [-0.4, -0.2) is 0 Å². The Labute approximate surface area is 127 Å². The highest BCUT2D eigenvalue weighted by molar-refractivity contribution is 5.38. The van der Waals surface area contributed by atoms with Crippen molar-refractivity contribution < 1.29 is 0 Å². The van der Waals surface area contributed by atoms with E-state index in [2.05, 4.69) is 39.8 Å². The zero-order valence-corrected chi connectivity index (χ0v) is 14.2. The number of benzene rings is 1. The molecule has 0 radical (unpaired) electrons. The molecule has 1 aromatic carbocycles. The van der Waals surface area contributed by atoms with Crippen LogP contribution in [0.5, 0.6) is 0 Å². The summed E-state index contributed by atoms with van der Waals surface area (Å²) >= 11 is 0. The Morgan fingerprint density at radius 3 is 1.80 bits per heavy atom. The molecule has 0 aliphatic carbocycles. The van der Waals surface area contributed by atoms with Crippen LogP contribution in [0.25, 0.3) is 0 Å². The summed E-state index contributed by atoms with van der Waals surface area (Å²) in [7, 11) is 0. The minimum atomic E-state index is 1.27. The minimum Gasteiger partial charge on any atom is -0.0654 e. The van der Waals surface area contributed by atoms with Crippen molar-refractivity contribution in [3.8, 4) is 0 Å². The van der Waals surface area contributed by atoms with Gasteiger partial charge in [-0.2, -0.15) is 0 Å². The second kappa shape index (κ2) is 10.0. The smallest absolute Gasteiger partial charge is 0.0276 e. The first-order valence-corrected chi connectivity index (χ1v) is 8.72. The molecule has 20 heavy (non-hydrogen) atoms. The van der Waals surface area contributed by atoms with E-state index in [1.165, 1.54) is 80.9 Å². The molecule has 0 atom stereocenters. The molecule has 0 aliphatic heterocycles. The molecule has 0 fully saturated rings. The van der Waals surface area contributed by atoms with E-state index in [9.17, 15) is 0 Å². The van der Waals surface area contributed by atoms with Crippen LogP contribution in [0.15, 0.2) is 12.1 Å². The monoisotopic (exact) mass is 274 g/mol. The maximum Gasteiger partial charge on any atom is -0.0276 e. The van der Waals surface area contributed by atoms with Crippen LogP contribution in [0, 0.1) is 20.8 Å². The summed E-state index contributed by atoms with van der Waals surface area (Å²) in [5, 5.41) is 0. The van der Waals surface area contributed by atoms with Crippen LogP contribution in [-0.2, 0) is 6.42 Å². The lowest BCUT2D eigenvalue weighted by Gasteiger charge is -2.11. The van der Waals surface area contributed by atoms with Gasteiger partial charge < -0.3 is 0 Å². The number of rotatable bonds is 10. The largest absolute Gasteiger partial charge is 0.0654 e. The molecule has 1 rings (SSSR count). The maximum absolute atomic E-state index is 2.34. The summed E-state index contributed by atoms with van der Waals surface area (Å²) in [5.74, 6) is 0. The van der Waals surface area contributed by atoms with Crippen molar-refractivity contribution in [1.29, 1.82) is 0 Å². The predicted molar refractivity (Wildman–Crippen MR) is 91.6 cm³/mol. The van der Waals surface area contributed by atoms with Crippen LogP contribution in [0.2, 0.25) is 0 Å². The first kappa shape index (κ1) is 17.3. The summed E-state index contributed by atoms with van der Waals surface area (Å²) < 4.78 is 0. The van der Waals surface area contributed by atoms with E-state index in [4.69, 9.17) is 0 Å². The molecule has 0 heteroatoms. The molecule has 0 unspecified atom stereocenters. The quantitative estimate of drug-likeness (QED) is 0.417. The molecule has 0 N–H and O–H groups in total. The standard InChI is InChI=1S/C20H34/c1-5-6-7-8-9-10-11-12-13-14-20-16-15-17(2)18(3)19(20)4/h15-16H,5-14H2,1-4H3. The van der Waals surface area contributed by atoms with Gasteiger partial charge in [0.05, 0.1) is 0 Å². The minimum absolute atomic E-state index is 1.27. The molecule has 114 valence electrons. The number of unbranched alkanes of at least 4 members (excludes halogenated alkanes) is 8. The number of hydrogen-bond acceptors (Lipinski definition) is 0. The van der Waals surface area contributed by atoms with Crippen molar-refractivity contribution in [3.05, 3.63) is 34.4 Å². The van der Waals surface area contributed by atoms with Gasteiger partial charge in [-0.05, 0) is 55.9 Å². The summed E-state index contributed by atoms with van der Waals surface area (Å²) in [6.45, 7) is 9.04. The highest BCUT2D eigenvalue weighted by Gasteiger charge is 2.03. The molecule has 0 aromatic heterocycles. The summed E-state index contributed by atoms with van der Waals surface area (Å²) in [6.07, 6.45) is 14.0. The third-order valence-electron chi connectivity index (χ3n) is 4.72. The normalized spacial score (nSPS) is 11.0. The van der Waals surface area contributed by atoms with Crippen LogP contribution in [0.3, 0.4) is 0 Å². The lowest BCUT2D eigenvalue weighted by atomic mass is 9.95. The van der Waals surface area contributed by atoms with Gasteiger partial charge in [-0.1, -0.05) is 70.4 Å². The molecule has 0 amide bonds. The predicted octanol–water partition coefficient (Wildman–Crippen LogP) is 6.69. The Morgan fingerprint density at radius 2 is 1.20 bits per heavy atom. The second-order valence-electron chi connectivity index (χ2n) is 6.37. The van der Waals surface area contributed by atoms with Crippen LogP contribution >= 0.6 is 0 Å². The molecule has 0 nitrogen and oxygen atoms in total. The van der Waals surface area contributed by atoms with E-state index in [0.717, 1.165) is 0 Å². The Bertz CT molecular complexity index is 376. The molecule has 1 aromatic rings. The van der Waals surface area contributed by atoms with Crippen molar-refractivity contribution in [2.75, 3.05) is 0 Å². The maximum atomic E-state index is 2.34. The van der Waals surface area contributed by atoms with Crippen LogP contribution < -0.4 is 0 Å². The molecule has 0 bridgehead atoms. The van der Waals surface area contributed by atoms with Gasteiger partial charge in [-0.15, -0.1) is 0 Å². The van der Waals surface area contributed by atoms with Crippen LogP contribution in [0.1, 0.15) is 87.0 Å². The molecular formula is C20H34. The van der Waals surface area contributed by atoms with Gasteiger partial charge in [0, 0.05) is 0 Å². The van der Waals surface area contributed by atoms with Crippen LogP contribution in [0.4, 0.5) is 0 Å². The Hall–Kier alpha value is -0.780. The molecule has 0 heterocycles. The average Bonchev–Trinajstić information content (AvgIpc) is 2.45. The summed E-state index contributed by atoms with van der Waals surface area (Å²) in [5.41, 5.74) is 6.00. The first-order valence-electron chi connectivity index (χ1n) is 8.72. The van der Waals surface area contributed by atoms with Gasteiger partial charge in [-0.25, -0.2) is 0 Å². The second-order valence-corrected chi connectivity index (χ2v) is 6.37. The Kier molecular flexibility index (Phi) is 8.65. The van der Waals surface area contributed by atoms with E-state index in [0.29, 0.717) is 0 Å². The lowest BCUT2D eigenvalue weighted by Crippen LogP contribution is -1.95. The molecule has 0 saturated carbocycles. The summed E-state index contributed by atoms with van der Waals surface area (Å²) in [4.78, 5) is 0. The van der Waals surface area contributed by atoms with Crippen molar-refractivity contribution in [2.45, 2.75) is 91.9 Å². The third-order valence-corrected chi connectivity index (χ3v) is 4.72. The van der Waals surface area contributed by atoms with E-state index in [1.54, 1.807) is 5.56 Å². The van der Waals surface area contributed by atoms with Gasteiger partial charge in [0.15, 0.2) is 0 Å². The molecular weight excluding hydrogens is 240 g/mol. The fourth-order valence-corrected chi connectivity index (χ4v) is 2.91. The average molecular weight is 274 g/mol.